The summed E-state index contributed by atoms with van der Waals surface area (Å²) in [6.07, 6.45) is -0.827. The summed E-state index contributed by atoms with van der Waals surface area (Å²) in [5.41, 5.74) is 1.75. The van der Waals surface area contributed by atoms with Crippen molar-refractivity contribution in [1.29, 1.82) is 0 Å². The lowest BCUT2D eigenvalue weighted by molar-refractivity contribution is 0.149. The first-order chi connectivity index (χ1) is 9.52. The first kappa shape index (κ1) is 14.3. The predicted molar refractivity (Wildman–Crippen MR) is 75.9 cm³/mol. The summed E-state index contributed by atoms with van der Waals surface area (Å²) in [6, 6.07) is 9.04. The van der Waals surface area contributed by atoms with Gasteiger partial charge in [0.1, 0.15) is 11.9 Å². The minimum Gasteiger partial charge on any atom is -0.496 e. The SMILES string of the molecule is COc1ccccc1C(O)Cn1c(C)cc(C)nc1=O. The molecule has 1 atom stereocenters. The van der Waals surface area contributed by atoms with Gasteiger partial charge in [0.15, 0.2) is 0 Å². The fourth-order valence-corrected chi connectivity index (χ4v) is 2.21. The third kappa shape index (κ3) is 2.88. The Balaban J connectivity index is 2.33. The van der Waals surface area contributed by atoms with Crippen LogP contribution in [0, 0.1) is 13.8 Å². The smallest absolute Gasteiger partial charge is 0.348 e. The number of aryl methyl sites for hydroxylation is 2. The Morgan fingerprint density at radius 1 is 1.35 bits per heavy atom. The molecule has 0 radical (unpaired) electrons. The highest BCUT2D eigenvalue weighted by molar-refractivity contribution is 5.34. The number of benzene rings is 1. The Kier molecular flexibility index (Phi) is 4.20. The molecule has 0 saturated heterocycles. The number of nitrogens with zero attached hydrogens (tertiary/aromatic N) is 2. The standard InChI is InChI=1S/C15H18N2O3/c1-10-8-11(2)17(15(19)16-10)9-13(18)12-6-4-5-7-14(12)20-3/h4-8,13,18H,9H2,1-3H3. The van der Waals surface area contributed by atoms with E-state index in [2.05, 4.69) is 4.98 Å². The maximum Gasteiger partial charge on any atom is 0.348 e. The topological polar surface area (TPSA) is 64.3 Å². The molecule has 5 heteroatoms. The molecule has 5 nitrogen and oxygen atoms in total. The third-order valence-corrected chi connectivity index (χ3v) is 3.20. The van der Waals surface area contributed by atoms with Crippen LogP contribution in [0.2, 0.25) is 0 Å². The molecule has 20 heavy (non-hydrogen) atoms. The summed E-state index contributed by atoms with van der Waals surface area (Å²) in [7, 11) is 1.55. The maximum absolute atomic E-state index is 11.9. The molecule has 0 saturated carbocycles. The monoisotopic (exact) mass is 274 g/mol. The zero-order chi connectivity index (χ0) is 14.7. The zero-order valence-electron chi connectivity index (χ0n) is 11.8. The number of para-hydroxylation sites is 1. The highest BCUT2D eigenvalue weighted by Gasteiger charge is 2.15. The molecule has 0 aliphatic heterocycles. The second kappa shape index (κ2) is 5.88. The molecule has 0 amide bonds. The highest BCUT2D eigenvalue weighted by atomic mass is 16.5. The molecule has 2 aromatic rings. The molecule has 1 N–H and O–H groups in total. The minimum absolute atomic E-state index is 0.151. The second-order valence-corrected chi connectivity index (χ2v) is 4.69. The number of hydrogen-bond donors (Lipinski definition) is 1. The van der Waals surface area contributed by atoms with Gasteiger partial charge in [0, 0.05) is 17.0 Å². The number of methoxy groups -OCH3 is 1. The van der Waals surface area contributed by atoms with Gasteiger partial charge in [-0.3, -0.25) is 4.57 Å². The molecule has 2 rings (SSSR count). The Bertz CT molecular complexity index is 664. The number of rotatable bonds is 4. The van der Waals surface area contributed by atoms with Gasteiger partial charge < -0.3 is 9.84 Å². The van der Waals surface area contributed by atoms with Crippen LogP contribution in [0.15, 0.2) is 35.1 Å². The van der Waals surface area contributed by atoms with E-state index in [1.54, 1.807) is 26.2 Å². The highest BCUT2D eigenvalue weighted by Crippen LogP contribution is 2.25. The summed E-state index contributed by atoms with van der Waals surface area (Å²) in [6.45, 7) is 3.75. The summed E-state index contributed by atoms with van der Waals surface area (Å²) in [4.78, 5) is 15.8. The molecule has 106 valence electrons. The van der Waals surface area contributed by atoms with Crippen molar-refractivity contribution >= 4 is 0 Å². The molecular formula is C15H18N2O3. The first-order valence-corrected chi connectivity index (χ1v) is 6.39. The Labute approximate surface area is 117 Å². The molecule has 1 aromatic carbocycles. The lowest BCUT2D eigenvalue weighted by Gasteiger charge is -2.17. The van der Waals surface area contributed by atoms with Gasteiger partial charge in [0.25, 0.3) is 0 Å². The van der Waals surface area contributed by atoms with Gasteiger partial charge in [-0.05, 0) is 26.0 Å². The van der Waals surface area contributed by atoms with Crippen molar-refractivity contribution in [3.8, 4) is 5.75 Å². The maximum atomic E-state index is 11.9. The van der Waals surface area contributed by atoms with Crippen molar-refractivity contribution in [2.75, 3.05) is 7.11 Å². The van der Waals surface area contributed by atoms with Gasteiger partial charge in [-0.25, -0.2) is 4.79 Å². The van der Waals surface area contributed by atoms with Gasteiger partial charge in [-0.15, -0.1) is 0 Å². The normalized spacial score (nSPS) is 12.2. The van der Waals surface area contributed by atoms with Crippen LogP contribution in [-0.2, 0) is 6.54 Å². The quantitative estimate of drug-likeness (QED) is 0.919. The number of aliphatic hydroxyl groups is 1. The van der Waals surface area contributed by atoms with Crippen molar-refractivity contribution in [3.05, 3.63) is 57.8 Å². The Morgan fingerprint density at radius 3 is 2.70 bits per heavy atom. The Morgan fingerprint density at radius 2 is 2.05 bits per heavy atom. The molecule has 0 bridgehead atoms. The number of ether oxygens (including phenoxy) is 1. The van der Waals surface area contributed by atoms with Crippen molar-refractivity contribution in [3.63, 3.8) is 0 Å². The van der Waals surface area contributed by atoms with E-state index in [1.807, 2.05) is 25.1 Å². The predicted octanol–water partition coefficient (Wildman–Crippen LogP) is 1.60. The average molecular weight is 274 g/mol. The fraction of sp³-hybridized carbons (Fsp3) is 0.333. The molecule has 0 aliphatic rings. The zero-order valence-corrected chi connectivity index (χ0v) is 11.8. The van der Waals surface area contributed by atoms with Crippen LogP contribution in [-0.4, -0.2) is 21.8 Å². The first-order valence-electron chi connectivity index (χ1n) is 6.39. The number of aliphatic hydroxyl groups excluding tert-OH is 1. The summed E-state index contributed by atoms with van der Waals surface area (Å²) >= 11 is 0. The van der Waals surface area contributed by atoms with Crippen LogP contribution in [0.1, 0.15) is 23.1 Å². The lowest BCUT2D eigenvalue weighted by atomic mass is 10.1. The van der Waals surface area contributed by atoms with Gasteiger partial charge in [0.05, 0.1) is 13.7 Å². The van der Waals surface area contributed by atoms with E-state index in [0.29, 0.717) is 17.0 Å². The van der Waals surface area contributed by atoms with Crippen LogP contribution in [0.5, 0.6) is 5.75 Å². The van der Waals surface area contributed by atoms with Gasteiger partial charge in [-0.2, -0.15) is 4.98 Å². The largest absolute Gasteiger partial charge is 0.496 e. The van der Waals surface area contributed by atoms with Gasteiger partial charge in [-0.1, -0.05) is 18.2 Å². The van der Waals surface area contributed by atoms with E-state index in [-0.39, 0.29) is 12.2 Å². The van der Waals surface area contributed by atoms with Crippen LogP contribution in [0.3, 0.4) is 0 Å². The average Bonchev–Trinajstić information content (AvgIpc) is 2.42. The summed E-state index contributed by atoms with van der Waals surface area (Å²) in [5.74, 6) is 0.603. The van der Waals surface area contributed by atoms with Crippen LogP contribution >= 0.6 is 0 Å². The lowest BCUT2D eigenvalue weighted by Crippen LogP contribution is -2.28. The molecule has 0 spiro atoms. The third-order valence-electron chi connectivity index (χ3n) is 3.20. The van der Waals surface area contributed by atoms with Crippen LogP contribution in [0.4, 0.5) is 0 Å². The van der Waals surface area contributed by atoms with Crippen molar-refractivity contribution in [2.45, 2.75) is 26.5 Å². The van der Waals surface area contributed by atoms with E-state index < -0.39 is 6.10 Å². The van der Waals surface area contributed by atoms with E-state index in [1.165, 1.54) is 4.57 Å². The summed E-state index contributed by atoms with van der Waals surface area (Å²) in [5, 5.41) is 10.3. The minimum atomic E-state index is -0.827. The summed E-state index contributed by atoms with van der Waals surface area (Å²) < 4.78 is 6.68. The molecule has 0 fully saturated rings. The Hall–Kier alpha value is -2.14. The molecule has 1 unspecified atom stereocenters. The molecule has 1 heterocycles. The van der Waals surface area contributed by atoms with E-state index >= 15 is 0 Å². The molecule has 1 aromatic heterocycles. The number of hydrogen-bond acceptors (Lipinski definition) is 4. The van der Waals surface area contributed by atoms with Crippen LogP contribution < -0.4 is 10.4 Å². The van der Waals surface area contributed by atoms with Crippen molar-refractivity contribution in [1.82, 2.24) is 9.55 Å². The molecular weight excluding hydrogens is 256 g/mol. The van der Waals surface area contributed by atoms with Crippen molar-refractivity contribution < 1.29 is 9.84 Å². The number of aromatic nitrogens is 2. The van der Waals surface area contributed by atoms with Crippen LogP contribution in [0.25, 0.3) is 0 Å². The van der Waals surface area contributed by atoms with Crippen molar-refractivity contribution in [2.24, 2.45) is 0 Å². The van der Waals surface area contributed by atoms with Gasteiger partial charge in [0.2, 0.25) is 0 Å². The van der Waals surface area contributed by atoms with E-state index in [0.717, 1.165) is 5.69 Å². The van der Waals surface area contributed by atoms with E-state index in [4.69, 9.17) is 4.74 Å². The fourth-order valence-electron chi connectivity index (χ4n) is 2.21. The molecule has 0 aliphatic carbocycles. The van der Waals surface area contributed by atoms with Gasteiger partial charge >= 0.3 is 5.69 Å². The second-order valence-electron chi connectivity index (χ2n) is 4.69. The van der Waals surface area contributed by atoms with E-state index in [9.17, 15) is 9.90 Å².